The maximum absolute atomic E-state index is 5.72. The van der Waals surface area contributed by atoms with Crippen molar-refractivity contribution in [3.8, 4) is 0 Å². The van der Waals surface area contributed by atoms with E-state index in [4.69, 9.17) is 17.3 Å². The van der Waals surface area contributed by atoms with Gasteiger partial charge in [-0.05, 0) is 12.1 Å². The molecule has 2 N–H and O–H groups in total. The number of halogens is 1. The Hall–Kier alpha value is -1.35. The molecule has 0 aliphatic carbocycles. The number of nitrogens with two attached hydrogens (primary N) is 1. The second-order valence-electron chi connectivity index (χ2n) is 2.40. The number of nitrogen functional groups attached to an aromatic ring is 1. The molecule has 12 heavy (non-hydrogen) atoms. The third kappa shape index (κ3) is 0.987. The first-order valence-corrected chi connectivity index (χ1v) is 3.81. The van der Waals surface area contributed by atoms with Gasteiger partial charge in [0, 0.05) is 11.6 Å². The van der Waals surface area contributed by atoms with Crippen LogP contribution in [-0.4, -0.2) is 9.97 Å². The molecule has 0 aliphatic rings. The summed E-state index contributed by atoms with van der Waals surface area (Å²) in [5, 5.41) is 1.17. The third-order valence-corrected chi connectivity index (χ3v) is 1.95. The second-order valence-corrected chi connectivity index (χ2v) is 2.76. The van der Waals surface area contributed by atoms with Crippen LogP contribution in [0.15, 0.2) is 24.5 Å². The fraction of sp³-hybridized carbons (Fsp3) is 0. The van der Waals surface area contributed by atoms with Crippen molar-refractivity contribution in [1.82, 2.24) is 9.97 Å². The third-order valence-electron chi connectivity index (χ3n) is 1.65. The van der Waals surface area contributed by atoms with Crippen LogP contribution in [0, 0.1) is 0 Å². The Morgan fingerprint density at radius 2 is 2.17 bits per heavy atom. The highest BCUT2D eigenvalue weighted by Gasteiger charge is 2.02. The largest absolute Gasteiger partial charge is 0.396 e. The quantitative estimate of drug-likeness (QED) is 0.628. The average molecular weight is 180 g/mol. The molecule has 0 amide bonds. The van der Waals surface area contributed by atoms with Gasteiger partial charge in [-0.1, -0.05) is 11.6 Å². The van der Waals surface area contributed by atoms with Gasteiger partial charge in [-0.25, -0.2) is 4.98 Å². The number of fused-ring (bicyclic) bond motifs is 1. The standard InChI is InChI=1S/C8H6ClN3/c9-8-7(10)5-2-1-3-11-6(5)4-12-8/h1-4H,10H2. The van der Waals surface area contributed by atoms with E-state index in [0.717, 1.165) is 10.9 Å². The van der Waals surface area contributed by atoms with Crippen LogP contribution in [-0.2, 0) is 0 Å². The Balaban J connectivity index is 2.91. The van der Waals surface area contributed by atoms with E-state index in [0.29, 0.717) is 10.8 Å². The normalized spacial score (nSPS) is 10.4. The van der Waals surface area contributed by atoms with Gasteiger partial charge in [0.1, 0.15) is 0 Å². The van der Waals surface area contributed by atoms with Gasteiger partial charge in [0.05, 0.1) is 17.4 Å². The van der Waals surface area contributed by atoms with Gasteiger partial charge in [0.25, 0.3) is 0 Å². The first kappa shape index (κ1) is 7.31. The summed E-state index contributed by atoms with van der Waals surface area (Å²) in [5.74, 6) is 0. The minimum atomic E-state index is 0.329. The summed E-state index contributed by atoms with van der Waals surface area (Å²) >= 11 is 5.72. The number of hydrogen-bond acceptors (Lipinski definition) is 3. The van der Waals surface area contributed by atoms with Crippen molar-refractivity contribution in [2.45, 2.75) is 0 Å². The highest BCUT2D eigenvalue weighted by Crippen LogP contribution is 2.23. The van der Waals surface area contributed by atoms with E-state index < -0.39 is 0 Å². The zero-order valence-electron chi connectivity index (χ0n) is 6.16. The summed E-state index contributed by atoms with van der Waals surface area (Å²) in [4.78, 5) is 7.97. The Kier molecular flexibility index (Phi) is 1.59. The zero-order chi connectivity index (χ0) is 8.55. The summed E-state index contributed by atoms with van der Waals surface area (Å²) in [5.41, 5.74) is 6.94. The lowest BCUT2D eigenvalue weighted by Crippen LogP contribution is -1.91. The summed E-state index contributed by atoms with van der Waals surface area (Å²) in [6.07, 6.45) is 3.30. The van der Waals surface area contributed by atoms with Crippen molar-refractivity contribution in [2.75, 3.05) is 5.73 Å². The molecule has 0 aliphatic heterocycles. The molecule has 2 heterocycles. The van der Waals surface area contributed by atoms with Gasteiger partial charge in [0.2, 0.25) is 0 Å². The number of aromatic nitrogens is 2. The Labute approximate surface area is 74.2 Å². The van der Waals surface area contributed by atoms with E-state index in [-0.39, 0.29) is 0 Å². The maximum Gasteiger partial charge on any atom is 0.152 e. The maximum atomic E-state index is 5.72. The molecule has 4 heteroatoms. The molecule has 0 fully saturated rings. The molecule has 0 radical (unpaired) electrons. The van der Waals surface area contributed by atoms with Crippen LogP contribution in [0.3, 0.4) is 0 Å². The SMILES string of the molecule is Nc1c(Cl)ncc2ncccc12. The fourth-order valence-electron chi connectivity index (χ4n) is 1.05. The monoisotopic (exact) mass is 179 g/mol. The molecule has 0 spiro atoms. The van der Waals surface area contributed by atoms with Crippen LogP contribution in [0.2, 0.25) is 5.15 Å². The molecule has 2 aromatic rings. The van der Waals surface area contributed by atoms with Crippen molar-refractivity contribution in [1.29, 1.82) is 0 Å². The van der Waals surface area contributed by atoms with E-state index in [1.54, 1.807) is 12.4 Å². The lowest BCUT2D eigenvalue weighted by atomic mass is 10.2. The number of rotatable bonds is 0. The Morgan fingerprint density at radius 1 is 1.33 bits per heavy atom. The smallest absolute Gasteiger partial charge is 0.152 e. The molecule has 3 nitrogen and oxygen atoms in total. The molecule has 2 aromatic heterocycles. The van der Waals surface area contributed by atoms with Crippen molar-refractivity contribution < 1.29 is 0 Å². The van der Waals surface area contributed by atoms with Crippen molar-refractivity contribution in [3.05, 3.63) is 29.7 Å². The zero-order valence-corrected chi connectivity index (χ0v) is 6.92. The van der Waals surface area contributed by atoms with Crippen molar-refractivity contribution in [3.63, 3.8) is 0 Å². The minimum absolute atomic E-state index is 0.329. The van der Waals surface area contributed by atoms with Crippen LogP contribution in [0.5, 0.6) is 0 Å². The van der Waals surface area contributed by atoms with Crippen LogP contribution in [0.4, 0.5) is 5.69 Å². The van der Waals surface area contributed by atoms with E-state index >= 15 is 0 Å². The molecule has 0 unspecified atom stereocenters. The number of nitrogens with zero attached hydrogens (tertiary/aromatic N) is 2. The number of pyridine rings is 2. The van der Waals surface area contributed by atoms with Gasteiger partial charge < -0.3 is 5.73 Å². The van der Waals surface area contributed by atoms with E-state index in [1.165, 1.54) is 0 Å². The molecule has 60 valence electrons. The summed E-state index contributed by atoms with van der Waals surface area (Å²) in [6, 6.07) is 3.68. The molecule has 0 saturated heterocycles. The van der Waals surface area contributed by atoms with Gasteiger partial charge in [-0.2, -0.15) is 0 Å². The molecular weight excluding hydrogens is 174 g/mol. The van der Waals surface area contributed by atoms with Gasteiger partial charge >= 0.3 is 0 Å². The van der Waals surface area contributed by atoms with E-state index in [9.17, 15) is 0 Å². The predicted octanol–water partition coefficient (Wildman–Crippen LogP) is 1.87. The van der Waals surface area contributed by atoms with Crippen molar-refractivity contribution in [2.24, 2.45) is 0 Å². The van der Waals surface area contributed by atoms with Crippen LogP contribution >= 0.6 is 11.6 Å². The number of hydrogen-bond donors (Lipinski definition) is 1. The molecule has 2 rings (SSSR count). The Morgan fingerprint density at radius 3 is 3.00 bits per heavy atom. The van der Waals surface area contributed by atoms with Gasteiger partial charge in [0.15, 0.2) is 5.15 Å². The lowest BCUT2D eigenvalue weighted by Gasteiger charge is -2.00. The molecule has 0 saturated carbocycles. The first-order valence-electron chi connectivity index (χ1n) is 3.44. The average Bonchev–Trinajstić information content (AvgIpc) is 2.12. The summed E-state index contributed by atoms with van der Waals surface area (Å²) in [6.45, 7) is 0. The van der Waals surface area contributed by atoms with Gasteiger partial charge in [-0.15, -0.1) is 0 Å². The van der Waals surface area contributed by atoms with Crippen LogP contribution < -0.4 is 5.73 Å². The highest BCUT2D eigenvalue weighted by atomic mass is 35.5. The van der Waals surface area contributed by atoms with Crippen molar-refractivity contribution >= 4 is 28.2 Å². The number of anilines is 1. The predicted molar refractivity (Wildman–Crippen MR) is 49.0 cm³/mol. The van der Waals surface area contributed by atoms with E-state index in [1.807, 2.05) is 12.1 Å². The lowest BCUT2D eigenvalue weighted by molar-refractivity contribution is 1.31. The van der Waals surface area contributed by atoms with Gasteiger partial charge in [-0.3, -0.25) is 4.98 Å². The molecule has 0 atom stereocenters. The van der Waals surface area contributed by atoms with Crippen LogP contribution in [0.1, 0.15) is 0 Å². The minimum Gasteiger partial charge on any atom is -0.396 e. The van der Waals surface area contributed by atoms with Crippen LogP contribution in [0.25, 0.3) is 10.9 Å². The molecule has 0 bridgehead atoms. The fourth-order valence-corrected chi connectivity index (χ4v) is 1.20. The van der Waals surface area contributed by atoms with E-state index in [2.05, 4.69) is 9.97 Å². The second kappa shape index (κ2) is 2.60. The highest BCUT2D eigenvalue weighted by molar-refractivity contribution is 6.33. The summed E-state index contributed by atoms with van der Waals surface area (Å²) in [7, 11) is 0. The Bertz CT molecular complexity index is 428. The topological polar surface area (TPSA) is 51.8 Å². The summed E-state index contributed by atoms with van der Waals surface area (Å²) < 4.78 is 0. The molecule has 0 aromatic carbocycles. The first-order chi connectivity index (χ1) is 5.79. The molecular formula is C8H6ClN3.